The van der Waals surface area contributed by atoms with Gasteiger partial charge in [0.25, 0.3) is 5.78 Å². The summed E-state index contributed by atoms with van der Waals surface area (Å²) in [5, 5.41) is 7.35. The highest BCUT2D eigenvalue weighted by molar-refractivity contribution is 5.52. The first kappa shape index (κ1) is 14.9. The maximum Gasteiger partial charge on any atom is 0.259 e. The van der Waals surface area contributed by atoms with Gasteiger partial charge in [-0.3, -0.25) is 4.98 Å². The van der Waals surface area contributed by atoms with Crippen molar-refractivity contribution in [3.8, 4) is 11.6 Å². The molecule has 10 nitrogen and oxygen atoms in total. The highest BCUT2D eigenvalue weighted by Gasteiger charge is 2.13. The predicted octanol–water partition coefficient (Wildman–Crippen LogP) is 0.993. The van der Waals surface area contributed by atoms with Crippen molar-refractivity contribution in [1.82, 2.24) is 29.5 Å². The van der Waals surface area contributed by atoms with E-state index in [9.17, 15) is 0 Å². The van der Waals surface area contributed by atoms with Gasteiger partial charge in [0.05, 0.1) is 18.1 Å². The van der Waals surface area contributed by atoms with Crippen molar-refractivity contribution >= 4 is 23.4 Å². The van der Waals surface area contributed by atoms with Crippen LogP contribution in [-0.2, 0) is 6.42 Å². The van der Waals surface area contributed by atoms with E-state index in [0.29, 0.717) is 42.0 Å². The third-order valence-corrected chi connectivity index (χ3v) is 3.49. The number of nitrogens with two attached hydrogens (primary N) is 2. The lowest BCUT2D eigenvalue weighted by molar-refractivity contribution is 0.577. The van der Waals surface area contributed by atoms with E-state index in [4.69, 9.17) is 15.9 Å². The van der Waals surface area contributed by atoms with Crippen LogP contribution in [0.15, 0.2) is 41.1 Å². The molecule has 0 atom stereocenters. The molecule has 25 heavy (non-hydrogen) atoms. The van der Waals surface area contributed by atoms with Crippen LogP contribution < -0.4 is 16.8 Å². The molecule has 10 heteroatoms. The summed E-state index contributed by atoms with van der Waals surface area (Å²) in [6, 6.07) is 7.21. The van der Waals surface area contributed by atoms with Gasteiger partial charge in [0.1, 0.15) is 0 Å². The molecule has 4 heterocycles. The zero-order chi connectivity index (χ0) is 17.2. The molecule has 4 rings (SSSR count). The number of pyridine rings is 1. The van der Waals surface area contributed by atoms with Gasteiger partial charge in [0, 0.05) is 18.7 Å². The minimum Gasteiger partial charge on any atom is -0.461 e. The number of aromatic nitrogens is 6. The van der Waals surface area contributed by atoms with Gasteiger partial charge in [-0.1, -0.05) is 0 Å². The highest BCUT2D eigenvalue weighted by Crippen LogP contribution is 2.17. The van der Waals surface area contributed by atoms with Gasteiger partial charge >= 0.3 is 0 Å². The number of furan rings is 1. The first-order chi connectivity index (χ1) is 12.2. The van der Waals surface area contributed by atoms with Crippen LogP contribution in [0.5, 0.6) is 0 Å². The Bertz CT molecular complexity index is 992. The second-order valence-corrected chi connectivity index (χ2v) is 5.29. The standard InChI is InChI=1S/C15H15N9O/c16-9-3-4-10(19-8-9)5-6-18-14-21-13(17)24-15(22-14)20-12(23-24)11-2-1-7-25-11/h1-4,7-8H,5-6,16H2,(H3,17,18,20,21,22,23). The van der Waals surface area contributed by atoms with E-state index in [1.165, 1.54) is 4.52 Å². The molecule has 0 spiro atoms. The van der Waals surface area contributed by atoms with Crippen molar-refractivity contribution in [2.45, 2.75) is 6.42 Å². The van der Waals surface area contributed by atoms with Crippen LogP contribution in [0.2, 0.25) is 0 Å². The largest absolute Gasteiger partial charge is 0.461 e. The maximum atomic E-state index is 5.94. The lowest BCUT2D eigenvalue weighted by Gasteiger charge is -2.05. The summed E-state index contributed by atoms with van der Waals surface area (Å²) in [7, 11) is 0. The number of rotatable bonds is 5. The Kier molecular flexibility index (Phi) is 3.61. The van der Waals surface area contributed by atoms with Crippen molar-refractivity contribution in [3.63, 3.8) is 0 Å². The van der Waals surface area contributed by atoms with Crippen LogP contribution in [0.4, 0.5) is 17.6 Å². The second kappa shape index (κ2) is 6.07. The number of anilines is 3. The summed E-state index contributed by atoms with van der Waals surface area (Å²) in [5.41, 5.74) is 13.1. The molecule has 0 amide bonds. The Balaban J connectivity index is 1.51. The Labute approximate surface area is 141 Å². The quantitative estimate of drug-likeness (QED) is 0.485. The number of hydrogen-bond donors (Lipinski definition) is 3. The summed E-state index contributed by atoms with van der Waals surface area (Å²) in [5.74, 6) is 1.83. The fraction of sp³-hybridized carbons (Fsp3) is 0.133. The summed E-state index contributed by atoms with van der Waals surface area (Å²) in [6.07, 6.45) is 3.87. The number of fused-ring (bicyclic) bond motifs is 1. The van der Waals surface area contributed by atoms with Gasteiger partial charge in [0.15, 0.2) is 5.76 Å². The van der Waals surface area contributed by atoms with Gasteiger partial charge in [-0.25, -0.2) is 0 Å². The molecule has 126 valence electrons. The van der Waals surface area contributed by atoms with Crippen molar-refractivity contribution in [2.24, 2.45) is 0 Å². The molecule has 0 aliphatic carbocycles. The average Bonchev–Trinajstić information content (AvgIpc) is 3.26. The zero-order valence-electron chi connectivity index (χ0n) is 13.1. The summed E-state index contributed by atoms with van der Waals surface area (Å²) in [6.45, 7) is 0.589. The number of nitrogen functional groups attached to an aromatic ring is 2. The molecular formula is C15H15N9O. The molecule has 0 bridgehead atoms. The Morgan fingerprint density at radius 3 is 2.80 bits per heavy atom. The minimum absolute atomic E-state index is 0.184. The molecule has 0 radical (unpaired) electrons. The normalized spacial score (nSPS) is 11.0. The van der Waals surface area contributed by atoms with Crippen LogP contribution >= 0.6 is 0 Å². The molecule has 0 fully saturated rings. The second-order valence-electron chi connectivity index (χ2n) is 5.29. The minimum atomic E-state index is 0.184. The SMILES string of the molecule is Nc1ccc(CCNc2nc(N)n3nc(-c4ccco4)nc3n2)nc1. The van der Waals surface area contributed by atoms with E-state index in [1.54, 1.807) is 24.6 Å². The number of hydrogen-bond acceptors (Lipinski definition) is 9. The molecule has 0 saturated heterocycles. The summed E-state index contributed by atoms with van der Waals surface area (Å²) < 4.78 is 6.65. The molecule has 5 N–H and O–H groups in total. The Morgan fingerprint density at radius 2 is 2.04 bits per heavy atom. The van der Waals surface area contributed by atoms with Gasteiger partial charge in [-0.15, -0.1) is 5.10 Å². The van der Waals surface area contributed by atoms with E-state index in [-0.39, 0.29) is 5.95 Å². The highest BCUT2D eigenvalue weighted by atomic mass is 16.3. The average molecular weight is 337 g/mol. The van der Waals surface area contributed by atoms with Crippen molar-refractivity contribution in [1.29, 1.82) is 0 Å². The van der Waals surface area contributed by atoms with Crippen LogP contribution in [-0.4, -0.2) is 36.1 Å². The monoisotopic (exact) mass is 337 g/mol. The van der Waals surface area contributed by atoms with E-state index in [2.05, 4.69) is 30.4 Å². The maximum absolute atomic E-state index is 5.94. The Hall–Kier alpha value is -3.69. The molecule has 0 aliphatic heterocycles. The van der Waals surface area contributed by atoms with Crippen molar-refractivity contribution in [3.05, 3.63) is 42.4 Å². The lowest BCUT2D eigenvalue weighted by atomic mass is 10.2. The van der Waals surface area contributed by atoms with Crippen LogP contribution in [0.25, 0.3) is 17.4 Å². The topological polar surface area (TPSA) is 146 Å². The number of nitrogens with one attached hydrogen (secondary N) is 1. The molecule has 4 aromatic heterocycles. The van der Waals surface area contributed by atoms with Gasteiger partial charge in [0.2, 0.25) is 17.7 Å². The lowest BCUT2D eigenvalue weighted by Crippen LogP contribution is -2.12. The Morgan fingerprint density at radius 1 is 1.12 bits per heavy atom. The van der Waals surface area contributed by atoms with E-state index in [1.807, 2.05) is 12.1 Å². The fourth-order valence-corrected chi connectivity index (χ4v) is 2.28. The van der Waals surface area contributed by atoms with Gasteiger partial charge < -0.3 is 21.2 Å². The molecule has 0 unspecified atom stereocenters. The van der Waals surface area contributed by atoms with E-state index < -0.39 is 0 Å². The molecule has 4 aromatic rings. The van der Waals surface area contributed by atoms with Gasteiger partial charge in [-0.05, 0) is 24.3 Å². The van der Waals surface area contributed by atoms with Crippen LogP contribution in [0, 0.1) is 0 Å². The van der Waals surface area contributed by atoms with E-state index in [0.717, 1.165) is 5.69 Å². The predicted molar refractivity (Wildman–Crippen MR) is 91.5 cm³/mol. The van der Waals surface area contributed by atoms with E-state index >= 15 is 0 Å². The molecule has 0 saturated carbocycles. The van der Waals surface area contributed by atoms with Crippen LogP contribution in [0.3, 0.4) is 0 Å². The number of nitrogens with zero attached hydrogens (tertiary/aromatic N) is 6. The fourth-order valence-electron chi connectivity index (χ4n) is 2.28. The third kappa shape index (κ3) is 3.04. The first-order valence-corrected chi connectivity index (χ1v) is 7.57. The van der Waals surface area contributed by atoms with Gasteiger partial charge in [-0.2, -0.15) is 19.5 Å². The molecular weight excluding hydrogens is 322 g/mol. The summed E-state index contributed by atoms with van der Waals surface area (Å²) >= 11 is 0. The van der Waals surface area contributed by atoms with Crippen LogP contribution in [0.1, 0.15) is 5.69 Å². The molecule has 0 aromatic carbocycles. The smallest absolute Gasteiger partial charge is 0.259 e. The van der Waals surface area contributed by atoms with Crippen molar-refractivity contribution in [2.75, 3.05) is 23.3 Å². The first-order valence-electron chi connectivity index (χ1n) is 7.57. The zero-order valence-corrected chi connectivity index (χ0v) is 13.1. The third-order valence-electron chi connectivity index (χ3n) is 3.49. The molecule has 0 aliphatic rings. The van der Waals surface area contributed by atoms with Crippen molar-refractivity contribution < 1.29 is 4.42 Å². The summed E-state index contributed by atoms with van der Waals surface area (Å²) in [4.78, 5) is 17.1.